The van der Waals surface area contributed by atoms with Gasteiger partial charge < -0.3 is 52.7 Å². The first-order valence-corrected chi connectivity index (χ1v) is 19.5. The number of unbranched alkanes of at least 4 members (excludes halogenated alkanes) is 6. The standard InChI is InChI=1S/C41H67NO11/c1-3-4-5-6-7-8-9-10-38-11-15-40(16-12-38)52-35-33-50-31-29-48-27-25-46-23-21-44-19-20-45-22-24-47-26-28-49-30-32-51-34-36-53-41-17-13-39(14-18-41)42-37(2)43/h11-18H,3-10,19-36H2,1-2H3,(H,42,43). The second kappa shape index (κ2) is 34.9. The number of hydrogen-bond donors (Lipinski definition) is 1. The van der Waals surface area contributed by atoms with Gasteiger partial charge in [-0.3, -0.25) is 4.79 Å². The SMILES string of the molecule is CCCCCCCCCc1ccc(OCCOCCOCCOCCOCCOCCOCCOCCOCCOc2ccc(NC(C)=O)cc2)cc1. The monoisotopic (exact) mass is 749 g/mol. The van der Waals surface area contributed by atoms with E-state index in [1.807, 2.05) is 0 Å². The van der Waals surface area contributed by atoms with Gasteiger partial charge in [0.1, 0.15) is 24.7 Å². The van der Waals surface area contributed by atoms with Crippen molar-refractivity contribution in [1.82, 2.24) is 0 Å². The van der Waals surface area contributed by atoms with Crippen LogP contribution in [0.15, 0.2) is 48.5 Å². The summed E-state index contributed by atoms with van der Waals surface area (Å²) in [5, 5.41) is 2.71. The van der Waals surface area contributed by atoms with Crippen LogP contribution in [-0.2, 0) is 49.1 Å². The maximum atomic E-state index is 11.1. The molecule has 0 aliphatic rings. The summed E-state index contributed by atoms with van der Waals surface area (Å²) in [6.45, 7) is 12.7. The fraction of sp³-hybridized carbons (Fsp3) is 0.683. The van der Waals surface area contributed by atoms with Gasteiger partial charge in [-0.15, -0.1) is 0 Å². The second-order valence-corrected chi connectivity index (χ2v) is 12.3. The highest BCUT2D eigenvalue weighted by Gasteiger charge is 2.00. The molecule has 0 bridgehead atoms. The van der Waals surface area contributed by atoms with E-state index in [4.69, 9.17) is 47.4 Å². The van der Waals surface area contributed by atoms with Gasteiger partial charge in [0.25, 0.3) is 0 Å². The van der Waals surface area contributed by atoms with E-state index in [1.54, 1.807) is 24.3 Å². The van der Waals surface area contributed by atoms with Gasteiger partial charge in [0.05, 0.1) is 106 Å². The first-order chi connectivity index (χ1) is 26.2. The van der Waals surface area contributed by atoms with Crippen molar-refractivity contribution in [1.29, 1.82) is 0 Å². The normalized spacial score (nSPS) is 11.2. The van der Waals surface area contributed by atoms with Crippen LogP contribution in [0.5, 0.6) is 11.5 Å². The quantitative estimate of drug-likeness (QED) is 0.0755. The summed E-state index contributed by atoms with van der Waals surface area (Å²) in [7, 11) is 0. The Bertz CT molecular complexity index is 1090. The Balaban J connectivity index is 1.20. The first kappa shape index (κ1) is 46.3. The molecule has 0 saturated heterocycles. The smallest absolute Gasteiger partial charge is 0.221 e. The summed E-state index contributed by atoms with van der Waals surface area (Å²) in [6.07, 6.45) is 10.5. The zero-order valence-electron chi connectivity index (χ0n) is 32.5. The molecule has 302 valence electrons. The molecule has 0 radical (unpaired) electrons. The highest BCUT2D eigenvalue weighted by molar-refractivity contribution is 5.88. The maximum Gasteiger partial charge on any atom is 0.221 e. The zero-order chi connectivity index (χ0) is 37.7. The zero-order valence-corrected chi connectivity index (χ0v) is 32.5. The van der Waals surface area contributed by atoms with Gasteiger partial charge in [0.2, 0.25) is 5.91 Å². The van der Waals surface area contributed by atoms with Gasteiger partial charge in [0.15, 0.2) is 0 Å². The lowest BCUT2D eigenvalue weighted by Crippen LogP contribution is -2.15. The fourth-order valence-corrected chi connectivity index (χ4v) is 4.95. The van der Waals surface area contributed by atoms with Gasteiger partial charge in [-0.1, -0.05) is 57.6 Å². The summed E-state index contributed by atoms with van der Waals surface area (Å²) in [5.74, 6) is 1.50. The molecule has 0 saturated carbocycles. The third-order valence-corrected chi connectivity index (χ3v) is 7.76. The summed E-state index contributed by atoms with van der Waals surface area (Å²) in [6, 6.07) is 15.6. The van der Waals surface area contributed by atoms with Crippen LogP contribution in [0.1, 0.15) is 64.4 Å². The molecule has 0 heterocycles. The van der Waals surface area contributed by atoms with E-state index in [-0.39, 0.29) is 5.91 Å². The molecule has 12 heteroatoms. The minimum Gasteiger partial charge on any atom is -0.491 e. The first-order valence-electron chi connectivity index (χ1n) is 19.5. The number of amides is 1. The number of carbonyl (C=O) groups excluding carboxylic acids is 1. The number of hydrogen-bond acceptors (Lipinski definition) is 11. The highest BCUT2D eigenvalue weighted by Crippen LogP contribution is 2.16. The van der Waals surface area contributed by atoms with Crippen LogP contribution in [0.3, 0.4) is 0 Å². The minimum atomic E-state index is -0.106. The van der Waals surface area contributed by atoms with Crippen molar-refractivity contribution in [3.05, 3.63) is 54.1 Å². The molecule has 0 fully saturated rings. The Morgan fingerprint density at radius 2 is 0.755 bits per heavy atom. The Hall–Kier alpha value is -2.81. The maximum absolute atomic E-state index is 11.1. The molecule has 12 nitrogen and oxygen atoms in total. The summed E-state index contributed by atoms with van der Waals surface area (Å²) < 4.78 is 55.6. The molecule has 2 aromatic rings. The van der Waals surface area contributed by atoms with Crippen molar-refractivity contribution >= 4 is 11.6 Å². The van der Waals surface area contributed by atoms with Gasteiger partial charge in [-0.05, 0) is 54.8 Å². The van der Waals surface area contributed by atoms with Gasteiger partial charge in [-0.2, -0.15) is 0 Å². The van der Waals surface area contributed by atoms with E-state index in [9.17, 15) is 4.79 Å². The molecule has 2 rings (SSSR count). The van der Waals surface area contributed by atoms with Crippen LogP contribution in [0.2, 0.25) is 0 Å². The largest absolute Gasteiger partial charge is 0.491 e. The molecule has 53 heavy (non-hydrogen) atoms. The van der Waals surface area contributed by atoms with Crippen molar-refractivity contribution in [2.75, 3.05) is 124 Å². The van der Waals surface area contributed by atoms with Crippen LogP contribution in [0.4, 0.5) is 5.69 Å². The van der Waals surface area contributed by atoms with E-state index >= 15 is 0 Å². The fourth-order valence-electron chi connectivity index (χ4n) is 4.95. The molecular formula is C41H67NO11. The third-order valence-electron chi connectivity index (χ3n) is 7.76. The molecular weight excluding hydrogens is 682 g/mol. The second-order valence-electron chi connectivity index (χ2n) is 12.3. The molecule has 0 unspecified atom stereocenters. The summed E-state index contributed by atoms with van der Waals surface area (Å²) >= 11 is 0. The Labute approximate surface area is 318 Å². The molecule has 0 spiro atoms. The van der Waals surface area contributed by atoms with Gasteiger partial charge in [0, 0.05) is 12.6 Å². The van der Waals surface area contributed by atoms with Crippen molar-refractivity contribution in [2.45, 2.75) is 65.2 Å². The lowest BCUT2D eigenvalue weighted by Gasteiger charge is -2.09. The third kappa shape index (κ3) is 29.3. The predicted molar refractivity (Wildman–Crippen MR) is 206 cm³/mol. The van der Waals surface area contributed by atoms with Crippen LogP contribution in [-0.4, -0.2) is 125 Å². The van der Waals surface area contributed by atoms with Crippen molar-refractivity contribution in [3.63, 3.8) is 0 Å². The topological polar surface area (TPSA) is 121 Å². The van der Waals surface area contributed by atoms with E-state index < -0.39 is 0 Å². The number of nitrogens with one attached hydrogen (secondary N) is 1. The molecule has 2 aromatic carbocycles. The average Bonchev–Trinajstić information content (AvgIpc) is 3.16. The van der Waals surface area contributed by atoms with Crippen LogP contribution < -0.4 is 14.8 Å². The van der Waals surface area contributed by atoms with Gasteiger partial charge >= 0.3 is 0 Å². The Morgan fingerprint density at radius 3 is 1.11 bits per heavy atom. The average molecular weight is 750 g/mol. The van der Waals surface area contributed by atoms with Crippen LogP contribution in [0, 0.1) is 0 Å². The van der Waals surface area contributed by atoms with Crippen molar-refractivity contribution < 1.29 is 52.2 Å². The predicted octanol–water partition coefficient (Wildman–Crippen LogP) is 6.53. The molecule has 0 aliphatic carbocycles. The molecule has 0 aromatic heterocycles. The number of ether oxygens (including phenoxy) is 10. The highest BCUT2D eigenvalue weighted by atomic mass is 16.6. The lowest BCUT2D eigenvalue weighted by atomic mass is 10.0. The molecule has 1 N–H and O–H groups in total. The lowest BCUT2D eigenvalue weighted by molar-refractivity contribution is -0.114. The number of anilines is 1. The Kier molecular flexibility index (Phi) is 30.5. The summed E-state index contributed by atoms with van der Waals surface area (Å²) in [4.78, 5) is 11.1. The van der Waals surface area contributed by atoms with Gasteiger partial charge in [-0.25, -0.2) is 0 Å². The van der Waals surface area contributed by atoms with E-state index in [1.165, 1.54) is 57.4 Å². The molecule has 0 atom stereocenters. The molecule has 1 amide bonds. The van der Waals surface area contributed by atoms with Crippen molar-refractivity contribution in [2.24, 2.45) is 0 Å². The molecule has 0 aliphatic heterocycles. The van der Waals surface area contributed by atoms with Crippen LogP contribution in [0.25, 0.3) is 0 Å². The number of aryl methyl sites for hydroxylation is 1. The Morgan fingerprint density at radius 1 is 0.434 bits per heavy atom. The van der Waals surface area contributed by atoms with E-state index in [2.05, 4.69) is 36.5 Å². The number of carbonyl (C=O) groups is 1. The number of rotatable bonds is 38. The van der Waals surface area contributed by atoms with Crippen molar-refractivity contribution in [3.8, 4) is 11.5 Å². The van der Waals surface area contributed by atoms with Crippen LogP contribution >= 0.6 is 0 Å². The minimum absolute atomic E-state index is 0.106. The summed E-state index contributed by atoms with van der Waals surface area (Å²) in [5.41, 5.74) is 2.11. The number of benzene rings is 2. The van der Waals surface area contributed by atoms with E-state index in [0.29, 0.717) is 119 Å². The van der Waals surface area contributed by atoms with E-state index in [0.717, 1.165) is 23.6 Å².